The van der Waals surface area contributed by atoms with Gasteiger partial charge in [-0.1, -0.05) is 17.3 Å². The molecular weight excluding hydrogens is 541 g/mol. The monoisotopic (exact) mass is 568 g/mol. The lowest BCUT2D eigenvalue weighted by atomic mass is 9.98. The quantitative estimate of drug-likeness (QED) is 0.269. The highest BCUT2D eigenvalue weighted by Gasteiger charge is 2.42. The predicted octanol–water partition coefficient (Wildman–Crippen LogP) is 6.18. The molecule has 1 aliphatic carbocycles. The van der Waals surface area contributed by atoms with Crippen LogP contribution in [-0.2, 0) is 11.3 Å². The topological polar surface area (TPSA) is 102 Å². The Morgan fingerprint density at radius 3 is 2.56 bits per heavy atom. The van der Waals surface area contributed by atoms with Crippen LogP contribution in [-0.4, -0.2) is 50.2 Å². The summed E-state index contributed by atoms with van der Waals surface area (Å²) in [5.74, 6) is -0.479. The van der Waals surface area contributed by atoms with Crippen LogP contribution in [0, 0.1) is 0 Å². The van der Waals surface area contributed by atoms with Crippen molar-refractivity contribution in [2.75, 3.05) is 4.90 Å². The molecule has 1 aromatic carbocycles. The number of halogens is 3. The number of para-hydroxylation sites is 1. The Balaban J connectivity index is 1.09. The summed E-state index contributed by atoms with van der Waals surface area (Å²) < 4.78 is 57.2. The third kappa shape index (κ3) is 4.90. The van der Waals surface area contributed by atoms with E-state index in [1.54, 1.807) is 22.7 Å². The molecule has 9 nitrogen and oxygen atoms in total. The van der Waals surface area contributed by atoms with Crippen LogP contribution in [0.3, 0.4) is 0 Å². The minimum atomic E-state index is -4.83. The number of fused-ring (bicyclic) bond motifs is 3. The summed E-state index contributed by atoms with van der Waals surface area (Å²) in [4.78, 5) is 18.1. The standard InChI is InChI=1S/C29H27F3N4O5/c30-29(31,32)40-24-4-2-1-3-21(24)26-22(27(41-34-26)16-5-6-16)15-39-20-11-17-7-8-18(12-20)36(17)19-9-10-35-23(28(37)38)14-33-25(35)13-19/h1-4,9-10,13-14,16-18,20H,5-8,11-12,15H2,(H,37,38)/t17-,18+,20?. The molecule has 1 saturated carbocycles. The van der Waals surface area contributed by atoms with E-state index in [2.05, 4.69) is 19.8 Å². The Morgan fingerprint density at radius 2 is 1.85 bits per heavy atom. The van der Waals surface area contributed by atoms with Gasteiger partial charge in [-0.15, -0.1) is 13.2 Å². The van der Waals surface area contributed by atoms with Crippen molar-refractivity contribution >= 4 is 17.3 Å². The van der Waals surface area contributed by atoms with Crippen molar-refractivity contribution in [3.63, 3.8) is 0 Å². The summed E-state index contributed by atoms with van der Waals surface area (Å²) >= 11 is 0. The first-order valence-corrected chi connectivity index (χ1v) is 13.7. The summed E-state index contributed by atoms with van der Waals surface area (Å²) in [5.41, 5.74) is 2.92. The second kappa shape index (κ2) is 9.79. The second-order valence-corrected chi connectivity index (χ2v) is 11.0. The molecule has 2 saturated heterocycles. The number of alkyl halides is 3. The molecule has 3 aliphatic rings. The number of piperidine rings is 1. The number of carboxylic acid groups (broad SMARTS) is 1. The number of rotatable bonds is 8. The lowest BCUT2D eigenvalue weighted by molar-refractivity contribution is -0.274. The molecule has 2 aliphatic heterocycles. The maximum absolute atomic E-state index is 13.1. The number of benzene rings is 1. The molecule has 1 N–H and O–H groups in total. The molecule has 3 aromatic heterocycles. The van der Waals surface area contributed by atoms with Crippen LogP contribution in [0.2, 0.25) is 0 Å². The fourth-order valence-corrected chi connectivity index (χ4v) is 6.39. The Kier molecular flexibility index (Phi) is 6.18. The fraction of sp³-hybridized carbons (Fsp3) is 0.414. The van der Waals surface area contributed by atoms with Crippen LogP contribution in [0.4, 0.5) is 18.9 Å². The average molecular weight is 569 g/mol. The molecule has 0 amide bonds. The highest BCUT2D eigenvalue weighted by Crippen LogP contribution is 2.46. The molecule has 1 unspecified atom stereocenters. The lowest BCUT2D eigenvalue weighted by Gasteiger charge is -2.40. The van der Waals surface area contributed by atoms with E-state index in [0.717, 1.165) is 44.2 Å². The molecule has 12 heteroatoms. The van der Waals surface area contributed by atoms with Gasteiger partial charge in [0.1, 0.15) is 22.9 Å². The summed E-state index contributed by atoms with van der Waals surface area (Å²) in [7, 11) is 0. The van der Waals surface area contributed by atoms with Crippen LogP contribution in [0.1, 0.15) is 66.3 Å². The number of imidazole rings is 1. The number of aromatic nitrogens is 3. The molecule has 3 fully saturated rings. The van der Waals surface area contributed by atoms with Gasteiger partial charge >= 0.3 is 12.3 Å². The van der Waals surface area contributed by atoms with Gasteiger partial charge in [0.05, 0.1) is 18.9 Å². The van der Waals surface area contributed by atoms with Crippen LogP contribution in [0.15, 0.2) is 53.3 Å². The van der Waals surface area contributed by atoms with Crippen LogP contribution >= 0.6 is 0 Å². The number of carboxylic acids is 1. The van der Waals surface area contributed by atoms with Crippen molar-refractivity contribution < 1.29 is 37.1 Å². The van der Waals surface area contributed by atoms with Gasteiger partial charge in [-0.3, -0.25) is 4.40 Å². The number of ether oxygens (including phenoxy) is 2. The van der Waals surface area contributed by atoms with E-state index >= 15 is 0 Å². The molecule has 2 bridgehead atoms. The number of pyridine rings is 1. The van der Waals surface area contributed by atoms with Crippen molar-refractivity contribution in [3.8, 4) is 17.0 Å². The Bertz CT molecular complexity index is 1600. The third-order valence-electron chi connectivity index (χ3n) is 8.30. The zero-order valence-corrected chi connectivity index (χ0v) is 21.9. The Labute approximate surface area is 232 Å². The van der Waals surface area contributed by atoms with Gasteiger partial charge < -0.3 is 24.0 Å². The molecular formula is C29H27F3N4O5. The first-order valence-electron chi connectivity index (χ1n) is 13.7. The zero-order valence-electron chi connectivity index (χ0n) is 21.9. The predicted molar refractivity (Wildman–Crippen MR) is 140 cm³/mol. The molecule has 41 heavy (non-hydrogen) atoms. The van der Waals surface area contributed by atoms with Crippen LogP contribution in [0.5, 0.6) is 5.75 Å². The molecule has 0 spiro atoms. The Morgan fingerprint density at radius 1 is 1.10 bits per heavy atom. The van der Waals surface area contributed by atoms with E-state index in [9.17, 15) is 23.1 Å². The van der Waals surface area contributed by atoms with Gasteiger partial charge in [-0.05, 0) is 56.7 Å². The summed E-state index contributed by atoms with van der Waals surface area (Å²) in [5, 5.41) is 13.6. The number of hydrogen-bond acceptors (Lipinski definition) is 7. The number of nitrogens with zero attached hydrogens (tertiary/aromatic N) is 4. The average Bonchev–Trinajstić information content (AvgIpc) is 3.44. The van der Waals surface area contributed by atoms with Crippen LogP contribution in [0.25, 0.3) is 16.9 Å². The van der Waals surface area contributed by atoms with Gasteiger partial charge in [-0.25, -0.2) is 9.78 Å². The summed E-state index contributed by atoms with van der Waals surface area (Å²) in [6.07, 6.45) is 3.75. The van der Waals surface area contributed by atoms with Crippen molar-refractivity contribution in [2.24, 2.45) is 0 Å². The molecule has 214 valence electrons. The molecule has 0 radical (unpaired) electrons. The molecule has 7 rings (SSSR count). The van der Waals surface area contributed by atoms with Crippen molar-refractivity contribution in [1.29, 1.82) is 0 Å². The maximum Gasteiger partial charge on any atom is 0.573 e. The molecule has 5 heterocycles. The Hall–Kier alpha value is -4.06. The molecule has 3 atom stereocenters. The zero-order chi connectivity index (χ0) is 28.3. The second-order valence-electron chi connectivity index (χ2n) is 11.0. The highest BCUT2D eigenvalue weighted by molar-refractivity contribution is 5.86. The summed E-state index contributed by atoms with van der Waals surface area (Å²) in [6.45, 7) is 0.188. The van der Waals surface area contributed by atoms with Crippen LogP contribution < -0.4 is 9.64 Å². The van der Waals surface area contributed by atoms with E-state index in [-0.39, 0.29) is 47.7 Å². The van der Waals surface area contributed by atoms with Gasteiger partial charge in [0.25, 0.3) is 0 Å². The van der Waals surface area contributed by atoms with Crippen molar-refractivity contribution in [3.05, 3.63) is 65.8 Å². The smallest absolute Gasteiger partial charge is 0.477 e. The highest BCUT2D eigenvalue weighted by atomic mass is 19.4. The van der Waals surface area contributed by atoms with Gasteiger partial charge in [0.2, 0.25) is 0 Å². The molecule has 4 aromatic rings. The number of aromatic carboxylic acids is 1. The van der Waals surface area contributed by atoms with Crippen molar-refractivity contribution in [1.82, 2.24) is 14.5 Å². The van der Waals surface area contributed by atoms with Crippen molar-refractivity contribution in [2.45, 2.75) is 75.6 Å². The lowest BCUT2D eigenvalue weighted by Crippen LogP contribution is -2.45. The first kappa shape index (κ1) is 25.9. The number of hydrogen-bond donors (Lipinski definition) is 1. The fourth-order valence-electron chi connectivity index (χ4n) is 6.39. The van der Waals surface area contributed by atoms with Gasteiger partial charge in [0.15, 0.2) is 5.69 Å². The normalized spacial score (nSPS) is 22.4. The van der Waals surface area contributed by atoms with E-state index in [1.807, 2.05) is 12.1 Å². The third-order valence-corrected chi connectivity index (χ3v) is 8.30. The number of carbonyl (C=O) groups is 1. The maximum atomic E-state index is 13.1. The largest absolute Gasteiger partial charge is 0.573 e. The van der Waals surface area contributed by atoms with Gasteiger partial charge in [-0.2, -0.15) is 0 Å². The SMILES string of the molecule is O=C(O)c1cnc2cc(N3[C@@H]4CC[C@H]3CC(OCc3c(-c5ccccc5OC(F)(F)F)noc3C3CC3)C4)ccn12. The first-order chi connectivity index (χ1) is 19.7. The number of anilines is 1. The van der Waals surface area contributed by atoms with E-state index in [1.165, 1.54) is 18.3 Å². The summed E-state index contributed by atoms with van der Waals surface area (Å²) in [6, 6.07) is 10.3. The van der Waals surface area contributed by atoms with Gasteiger partial charge in [0, 0.05) is 47.1 Å². The minimum absolute atomic E-state index is 0.0333. The van der Waals surface area contributed by atoms with E-state index < -0.39 is 12.3 Å². The van der Waals surface area contributed by atoms with E-state index in [0.29, 0.717) is 22.7 Å². The van der Waals surface area contributed by atoms with E-state index in [4.69, 9.17) is 9.26 Å². The minimum Gasteiger partial charge on any atom is -0.477 e.